The van der Waals surface area contributed by atoms with Crippen LogP contribution in [0.5, 0.6) is 5.75 Å². The summed E-state index contributed by atoms with van der Waals surface area (Å²) in [5.74, 6) is 1.15. The number of ether oxygens (including phenoxy) is 1. The fraction of sp³-hybridized carbons (Fsp3) is 0.600. The van der Waals surface area contributed by atoms with Gasteiger partial charge in [-0.1, -0.05) is 13.0 Å². The minimum absolute atomic E-state index is 0.0411. The fourth-order valence-electron chi connectivity index (χ4n) is 2.52. The number of benzene rings is 1. The Morgan fingerprint density at radius 1 is 1.25 bits per heavy atom. The summed E-state index contributed by atoms with van der Waals surface area (Å²) in [6.45, 7) is 11.0. The van der Waals surface area contributed by atoms with Crippen LogP contribution in [0.4, 0.5) is 0 Å². The lowest BCUT2D eigenvalue weighted by Gasteiger charge is -2.37. The van der Waals surface area contributed by atoms with Crippen molar-refractivity contribution in [1.29, 1.82) is 0 Å². The van der Waals surface area contributed by atoms with E-state index in [1.807, 2.05) is 0 Å². The molecule has 0 amide bonds. The summed E-state index contributed by atoms with van der Waals surface area (Å²) < 4.78 is 6.24. The molecule has 0 N–H and O–H groups in total. The van der Waals surface area contributed by atoms with Crippen molar-refractivity contribution < 1.29 is 4.74 Å². The molecule has 0 fully saturated rings. The van der Waals surface area contributed by atoms with Crippen LogP contribution in [0.25, 0.3) is 0 Å². The summed E-state index contributed by atoms with van der Waals surface area (Å²) in [5.41, 5.74) is 5.57. The molecule has 0 radical (unpaired) electrons. The molecule has 0 aliphatic carbocycles. The summed E-state index contributed by atoms with van der Waals surface area (Å²) >= 11 is 0. The van der Waals surface area contributed by atoms with Gasteiger partial charge in [0.1, 0.15) is 11.4 Å². The molecule has 1 heteroatoms. The second-order valence-electron chi connectivity index (χ2n) is 5.35. The van der Waals surface area contributed by atoms with Crippen LogP contribution in [0.15, 0.2) is 6.07 Å². The van der Waals surface area contributed by atoms with Gasteiger partial charge in [-0.2, -0.15) is 0 Å². The lowest BCUT2D eigenvalue weighted by molar-refractivity contribution is 0.0601. The van der Waals surface area contributed by atoms with Crippen molar-refractivity contribution in [3.05, 3.63) is 28.3 Å². The maximum Gasteiger partial charge on any atom is 0.126 e. The summed E-state index contributed by atoms with van der Waals surface area (Å²) in [6.07, 6.45) is 3.38. The van der Waals surface area contributed by atoms with Crippen LogP contribution in [0, 0.1) is 20.8 Å². The smallest absolute Gasteiger partial charge is 0.126 e. The number of rotatable bonds is 1. The summed E-state index contributed by atoms with van der Waals surface area (Å²) in [7, 11) is 0. The molecule has 1 nitrogen and oxygen atoms in total. The first kappa shape index (κ1) is 11.5. The molecular weight excluding hydrogens is 196 g/mol. The van der Waals surface area contributed by atoms with Gasteiger partial charge in [0.25, 0.3) is 0 Å². The summed E-state index contributed by atoms with van der Waals surface area (Å²) in [4.78, 5) is 0. The van der Waals surface area contributed by atoms with Gasteiger partial charge < -0.3 is 4.74 Å². The Kier molecular flexibility index (Phi) is 2.73. The number of hydrogen-bond acceptors (Lipinski definition) is 1. The van der Waals surface area contributed by atoms with E-state index in [0.717, 1.165) is 25.0 Å². The van der Waals surface area contributed by atoms with Gasteiger partial charge in [-0.25, -0.2) is 0 Å². The van der Waals surface area contributed by atoms with Crippen LogP contribution in [0.2, 0.25) is 0 Å². The van der Waals surface area contributed by atoms with Gasteiger partial charge >= 0.3 is 0 Å². The normalized spacial score (nSPS) is 23.8. The molecule has 2 rings (SSSR count). The largest absolute Gasteiger partial charge is 0.487 e. The van der Waals surface area contributed by atoms with E-state index in [4.69, 9.17) is 4.74 Å². The zero-order valence-electron chi connectivity index (χ0n) is 11.1. The monoisotopic (exact) mass is 218 g/mol. The zero-order valence-corrected chi connectivity index (χ0v) is 11.1. The molecule has 1 atom stereocenters. The summed E-state index contributed by atoms with van der Waals surface area (Å²) in [5, 5.41) is 0. The number of fused-ring (bicyclic) bond motifs is 1. The first-order chi connectivity index (χ1) is 7.47. The standard InChI is InChI=1S/C15H22O/c1-6-15(5)8-7-13-12(4)10(2)9-11(3)14(13)16-15/h9H,6-8H2,1-5H3. The van der Waals surface area contributed by atoms with Crippen LogP contribution < -0.4 is 4.74 Å². The molecule has 1 unspecified atom stereocenters. The van der Waals surface area contributed by atoms with Crippen molar-refractivity contribution >= 4 is 0 Å². The Bertz CT molecular complexity index is 420. The molecule has 1 aliphatic heterocycles. The Hall–Kier alpha value is -0.980. The van der Waals surface area contributed by atoms with Crippen molar-refractivity contribution in [2.45, 2.75) is 59.5 Å². The fourth-order valence-corrected chi connectivity index (χ4v) is 2.52. The van der Waals surface area contributed by atoms with Crippen LogP contribution in [0.3, 0.4) is 0 Å². The topological polar surface area (TPSA) is 9.23 Å². The van der Waals surface area contributed by atoms with Gasteiger partial charge in [-0.15, -0.1) is 0 Å². The molecule has 0 bridgehead atoms. The Morgan fingerprint density at radius 2 is 1.94 bits per heavy atom. The van der Waals surface area contributed by atoms with Gasteiger partial charge in [0.15, 0.2) is 0 Å². The van der Waals surface area contributed by atoms with Crippen molar-refractivity contribution in [3.63, 3.8) is 0 Å². The van der Waals surface area contributed by atoms with Gasteiger partial charge in [-0.05, 0) is 69.2 Å². The highest BCUT2D eigenvalue weighted by Crippen LogP contribution is 2.39. The van der Waals surface area contributed by atoms with Gasteiger partial charge in [0.05, 0.1) is 0 Å². The zero-order chi connectivity index (χ0) is 11.9. The van der Waals surface area contributed by atoms with Gasteiger partial charge in [-0.3, -0.25) is 0 Å². The van der Waals surface area contributed by atoms with Crippen molar-refractivity contribution in [3.8, 4) is 5.75 Å². The summed E-state index contributed by atoms with van der Waals surface area (Å²) in [6, 6.07) is 2.25. The predicted molar refractivity (Wildman–Crippen MR) is 68.3 cm³/mol. The van der Waals surface area contributed by atoms with Crippen LogP contribution >= 0.6 is 0 Å². The molecule has 0 aromatic heterocycles. The van der Waals surface area contributed by atoms with Crippen molar-refractivity contribution in [2.24, 2.45) is 0 Å². The molecule has 16 heavy (non-hydrogen) atoms. The van der Waals surface area contributed by atoms with E-state index in [2.05, 4.69) is 40.7 Å². The minimum Gasteiger partial charge on any atom is -0.487 e. The van der Waals surface area contributed by atoms with E-state index < -0.39 is 0 Å². The molecule has 1 heterocycles. The third-order valence-corrected chi connectivity index (χ3v) is 4.11. The molecular formula is C15H22O. The first-order valence-electron chi connectivity index (χ1n) is 6.25. The van der Waals surface area contributed by atoms with Gasteiger partial charge in [0.2, 0.25) is 0 Å². The molecule has 0 saturated carbocycles. The van der Waals surface area contributed by atoms with E-state index in [0.29, 0.717) is 0 Å². The van der Waals surface area contributed by atoms with Crippen LogP contribution in [-0.4, -0.2) is 5.60 Å². The van der Waals surface area contributed by atoms with Crippen molar-refractivity contribution in [2.75, 3.05) is 0 Å². The quantitative estimate of drug-likeness (QED) is 0.689. The highest BCUT2D eigenvalue weighted by atomic mass is 16.5. The molecule has 1 aliphatic rings. The molecule has 88 valence electrons. The van der Waals surface area contributed by atoms with Gasteiger partial charge in [0, 0.05) is 0 Å². The maximum absolute atomic E-state index is 6.24. The van der Waals surface area contributed by atoms with E-state index in [9.17, 15) is 0 Å². The highest BCUT2D eigenvalue weighted by Gasteiger charge is 2.31. The number of hydrogen-bond donors (Lipinski definition) is 0. The average Bonchev–Trinajstić information content (AvgIpc) is 2.26. The van der Waals surface area contributed by atoms with E-state index in [-0.39, 0.29) is 5.60 Å². The van der Waals surface area contributed by atoms with Crippen LogP contribution in [-0.2, 0) is 6.42 Å². The molecule has 0 spiro atoms. The first-order valence-corrected chi connectivity index (χ1v) is 6.25. The Morgan fingerprint density at radius 3 is 2.56 bits per heavy atom. The third-order valence-electron chi connectivity index (χ3n) is 4.11. The molecule has 1 aromatic rings. The Balaban J connectivity index is 2.51. The SMILES string of the molecule is CCC1(C)CCc2c(C)c(C)cc(C)c2O1. The molecule has 0 saturated heterocycles. The number of aryl methyl sites for hydroxylation is 2. The lowest BCUT2D eigenvalue weighted by Crippen LogP contribution is -2.36. The van der Waals surface area contributed by atoms with Crippen molar-refractivity contribution in [1.82, 2.24) is 0 Å². The predicted octanol–water partition coefficient (Wildman–Crippen LogP) is 4.11. The molecule has 1 aromatic carbocycles. The second kappa shape index (κ2) is 3.80. The van der Waals surface area contributed by atoms with E-state index in [1.54, 1.807) is 0 Å². The van der Waals surface area contributed by atoms with E-state index >= 15 is 0 Å². The van der Waals surface area contributed by atoms with E-state index in [1.165, 1.54) is 22.3 Å². The minimum atomic E-state index is 0.0411. The van der Waals surface area contributed by atoms with Crippen LogP contribution in [0.1, 0.15) is 48.9 Å². The highest BCUT2D eigenvalue weighted by molar-refractivity contribution is 5.50. The maximum atomic E-state index is 6.24. The average molecular weight is 218 g/mol. The Labute approximate surface area is 98.8 Å². The second-order valence-corrected chi connectivity index (χ2v) is 5.35. The lowest BCUT2D eigenvalue weighted by atomic mass is 9.86. The third kappa shape index (κ3) is 1.73.